The van der Waals surface area contributed by atoms with Crippen LogP contribution in [0.3, 0.4) is 0 Å². The molecule has 5 unspecified atom stereocenters. The Bertz CT molecular complexity index is 298. The molecule has 0 aromatic carbocycles. The maximum Gasteiger partial charge on any atom is 0.0601 e. The van der Waals surface area contributed by atoms with Gasteiger partial charge in [-0.3, -0.25) is 0 Å². The van der Waals surface area contributed by atoms with Gasteiger partial charge in [0, 0.05) is 0 Å². The second-order valence-electron chi connectivity index (χ2n) is 7.73. The van der Waals surface area contributed by atoms with E-state index in [2.05, 4.69) is 0 Å². The van der Waals surface area contributed by atoms with Gasteiger partial charge in [-0.05, 0) is 55.8 Å². The van der Waals surface area contributed by atoms with Gasteiger partial charge in [0.1, 0.15) is 0 Å². The van der Waals surface area contributed by atoms with Gasteiger partial charge in [-0.15, -0.1) is 0 Å². The molecule has 3 rings (SSSR count). The van der Waals surface area contributed by atoms with E-state index < -0.39 is 0 Å². The molecule has 3 saturated carbocycles. The van der Waals surface area contributed by atoms with Crippen LogP contribution in [-0.4, -0.2) is 22.4 Å². The van der Waals surface area contributed by atoms with Gasteiger partial charge in [0.15, 0.2) is 0 Å². The van der Waals surface area contributed by atoms with Crippen LogP contribution >= 0.6 is 0 Å². The lowest BCUT2D eigenvalue weighted by atomic mass is 9.63. The lowest BCUT2D eigenvalue weighted by molar-refractivity contribution is -0.0542. The van der Waals surface area contributed by atoms with Crippen molar-refractivity contribution in [2.75, 3.05) is 0 Å². The molecule has 0 aromatic rings. The van der Waals surface area contributed by atoms with Crippen LogP contribution in [0.15, 0.2) is 0 Å². The first kappa shape index (κ1) is 14.8. The molecule has 0 aromatic heterocycles. The monoisotopic (exact) mass is 280 g/mol. The summed E-state index contributed by atoms with van der Waals surface area (Å²) >= 11 is 0. The Balaban J connectivity index is 1.63. The van der Waals surface area contributed by atoms with Crippen molar-refractivity contribution in [2.45, 2.75) is 89.3 Å². The fraction of sp³-hybridized carbons (Fsp3) is 1.00. The highest BCUT2D eigenvalue weighted by molar-refractivity contribution is 4.91. The summed E-state index contributed by atoms with van der Waals surface area (Å²) in [7, 11) is 0. The van der Waals surface area contributed by atoms with Crippen LogP contribution in [0.4, 0.5) is 0 Å². The van der Waals surface area contributed by atoms with E-state index in [1.54, 1.807) is 0 Å². The zero-order valence-corrected chi connectivity index (χ0v) is 12.8. The highest BCUT2D eigenvalue weighted by Crippen LogP contribution is 2.45. The summed E-state index contributed by atoms with van der Waals surface area (Å²) in [4.78, 5) is 0. The van der Waals surface area contributed by atoms with Crippen molar-refractivity contribution >= 4 is 0 Å². The maximum absolute atomic E-state index is 10.9. The van der Waals surface area contributed by atoms with Gasteiger partial charge in [-0.25, -0.2) is 0 Å². The Hall–Kier alpha value is -0.0800. The molecule has 0 saturated heterocycles. The third-order valence-electron chi connectivity index (χ3n) is 6.50. The molecule has 2 heteroatoms. The first-order valence-electron chi connectivity index (χ1n) is 9.12. The summed E-state index contributed by atoms with van der Waals surface area (Å²) < 4.78 is 0. The van der Waals surface area contributed by atoms with Crippen LogP contribution in [0.25, 0.3) is 0 Å². The van der Waals surface area contributed by atoms with Gasteiger partial charge in [0.05, 0.1) is 12.2 Å². The van der Waals surface area contributed by atoms with Crippen molar-refractivity contribution in [3.63, 3.8) is 0 Å². The van der Waals surface area contributed by atoms with Crippen molar-refractivity contribution < 1.29 is 10.2 Å². The Morgan fingerprint density at radius 2 is 1.15 bits per heavy atom. The van der Waals surface area contributed by atoms with Crippen molar-refractivity contribution in [2.24, 2.45) is 23.7 Å². The van der Waals surface area contributed by atoms with Gasteiger partial charge in [-0.1, -0.05) is 44.9 Å². The van der Waals surface area contributed by atoms with Crippen molar-refractivity contribution in [1.82, 2.24) is 0 Å². The smallest absolute Gasteiger partial charge is 0.0601 e. The van der Waals surface area contributed by atoms with E-state index in [1.165, 1.54) is 57.8 Å². The molecule has 3 aliphatic rings. The topological polar surface area (TPSA) is 40.5 Å². The average molecular weight is 280 g/mol. The molecule has 0 bridgehead atoms. The number of rotatable bonds is 2. The number of hydrogen-bond donors (Lipinski definition) is 2. The van der Waals surface area contributed by atoms with Gasteiger partial charge >= 0.3 is 0 Å². The third-order valence-corrected chi connectivity index (χ3v) is 6.50. The summed E-state index contributed by atoms with van der Waals surface area (Å²) in [6.07, 6.45) is 14.7. The van der Waals surface area contributed by atoms with Gasteiger partial charge < -0.3 is 10.2 Å². The summed E-state index contributed by atoms with van der Waals surface area (Å²) in [5.41, 5.74) is 0. The largest absolute Gasteiger partial charge is 0.393 e. The number of aliphatic hydroxyl groups is 2. The minimum Gasteiger partial charge on any atom is -0.393 e. The number of hydrogen-bond acceptors (Lipinski definition) is 2. The molecule has 0 spiro atoms. The van der Waals surface area contributed by atoms with Gasteiger partial charge in [0.25, 0.3) is 0 Å². The normalized spacial score (nSPS) is 44.4. The zero-order chi connectivity index (χ0) is 13.9. The molecule has 0 amide bonds. The molecule has 0 radical (unpaired) electrons. The minimum absolute atomic E-state index is 0.0813. The zero-order valence-electron chi connectivity index (χ0n) is 12.8. The Morgan fingerprint density at radius 1 is 0.550 bits per heavy atom. The molecular weight excluding hydrogens is 248 g/mol. The Kier molecular flexibility index (Phi) is 5.04. The molecule has 3 fully saturated rings. The molecule has 0 aliphatic heterocycles. The molecule has 5 atom stereocenters. The molecule has 116 valence electrons. The fourth-order valence-electron chi connectivity index (χ4n) is 5.43. The van der Waals surface area contributed by atoms with Gasteiger partial charge in [0.2, 0.25) is 0 Å². The second kappa shape index (κ2) is 6.79. The van der Waals surface area contributed by atoms with E-state index in [4.69, 9.17) is 0 Å². The molecule has 0 heterocycles. The van der Waals surface area contributed by atoms with Crippen molar-refractivity contribution in [1.29, 1.82) is 0 Å². The van der Waals surface area contributed by atoms with Crippen LogP contribution in [0.2, 0.25) is 0 Å². The van der Waals surface area contributed by atoms with Crippen LogP contribution in [0.5, 0.6) is 0 Å². The van der Waals surface area contributed by atoms with Crippen molar-refractivity contribution in [3.8, 4) is 0 Å². The first-order chi connectivity index (χ1) is 9.75. The van der Waals surface area contributed by atoms with E-state index in [1.807, 2.05) is 0 Å². The van der Waals surface area contributed by atoms with Crippen LogP contribution < -0.4 is 0 Å². The average Bonchev–Trinajstić information content (AvgIpc) is 2.48. The van der Waals surface area contributed by atoms with E-state index >= 15 is 0 Å². The molecule has 2 N–H and O–H groups in total. The minimum atomic E-state index is -0.101. The maximum atomic E-state index is 10.9. The molecule has 2 nitrogen and oxygen atoms in total. The van der Waals surface area contributed by atoms with Crippen LogP contribution in [0.1, 0.15) is 77.0 Å². The lowest BCUT2D eigenvalue weighted by Gasteiger charge is -2.44. The van der Waals surface area contributed by atoms with E-state index in [0.717, 1.165) is 25.2 Å². The van der Waals surface area contributed by atoms with E-state index in [9.17, 15) is 10.2 Å². The molecule has 20 heavy (non-hydrogen) atoms. The van der Waals surface area contributed by atoms with Crippen LogP contribution in [-0.2, 0) is 0 Å². The molecular formula is C18H32O2. The molecule has 3 aliphatic carbocycles. The Morgan fingerprint density at radius 3 is 1.85 bits per heavy atom. The standard InChI is InChI=1S/C18H32O2/c19-15-9-4-8-14(12-15)17-11-5-10-16(18(17)20)13-6-2-1-3-7-13/h13-20H,1-12H2. The summed E-state index contributed by atoms with van der Waals surface area (Å²) in [6, 6.07) is 0. The van der Waals surface area contributed by atoms with Gasteiger partial charge in [-0.2, -0.15) is 0 Å². The number of aliphatic hydroxyl groups excluding tert-OH is 2. The summed E-state index contributed by atoms with van der Waals surface area (Å²) in [5, 5.41) is 20.9. The lowest BCUT2D eigenvalue weighted by Crippen LogP contribution is -2.43. The van der Waals surface area contributed by atoms with Crippen molar-refractivity contribution in [3.05, 3.63) is 0 Å². The fourth-order valence-corrected chi connectivity index (χ4v) is 5.43. The summed E-state index contributed by atoms with van der Waals surface area (Å²) in [5.74, 6) is 2.41. The highest BCUT2D eigenvalue weighted by atomic mass is 16.3. The Labute approximate surface area is 124 Å². The predicted octanol–water partition coefficient (Wildman–Crippen LogP) is 3.90. The first-order valence-corrected chi connectivity index (χ1v) is 9.12. The third kappa shape index (κ3) is 3.22. The quantitative estimate of drug-likeness (QED) is 0.805. The summed E-state index contributed by atoms with van der Waals surface area (Å²) in [6.45, 7) is 0. The van der Waals surface area contributed by atoms with E-state index in [0.29, 0.717) is 17.8 Å². The predicted molar refractivity (Wildman–Crippen MR) is 81.4 cm³/mol. The van der Waals surface area contributed by atoms with Crippen LogP contribution in [0, 0.1) is 23.7 Å². The highest BCUT2D eigenvalue weighted by Gasteiger charge is 2.41. The van der Waals surface area contributed by atoms with E-state index in [-0.39, 0.29) is 12.2 Å². The second-order valence-corrected chi connectivity index (χ2v) is 7.73. The SMILES string of the molecule is OC1CCCC(C2CCCC(C3CCCCC3)C2O)C1.